The lowest BCUT2D eigenvalue weighted by Gasteiger charge is -2.25. The number of nitrogens with zero attached hydrogens (tertiary/aromatic N) is 1. The first kappa shape index (κ1) is 12.7. The smallest absolute Gasteiger partial charge is 0.259 e. The molecule has 1 aliphatic rings. The Morgan fingerprint density at radius 1 is 1.30 bits per heavy atom. The number of aryl methyl sites for hydroxylation is 1. The molecule has 102 valence electrons. The summed E-state index contributed by atoms with van der Waals surface area (Å²) in [6.45, 7) is 0. The standard InChI is InChI=1S/C16H16N2O2/c1-18(16(20)13-10-17-9-8-15(13)19)14-7-6-11-4-2-3-5-12(11)14/h2-5,8-10,14H,6-7H2,1H3,(H,17,19)/t14-/m1/s1. The van der Waals surface area contributed by atoms with Crippen LogP contribution in [0.5, 0.6) is 0 Å². The van der Waals surface area contributed by atoms with Crippen molar-refractivity contribution in [3.63, 3.8) is 0 Å². The lowest BCUT2D eigenvalue weighted by molar-refractivity contribution is 0.0729. The lowest BCUT2D eigenvalue weighted by Crippen LogP contribution is -2.33. The first-order valence-electron chi connectivity index (χ1n) is 6.70. The van der Waals surface area contributed by atoms with Crippen molar-refractivity contribution < 1.29 is 4.79 Å². The van der Waals surface area contributed by atoms with Crippen LogP contribution in [0.1, 0.15) is 33.9 Å². The molecule has 0 unspecified atom stereocenters. The van der Waals surface area contributed by atoms with Gasteiger partial charge in [-0.15, -0.1) is 0 Å². The third kappa shape index (κ3) is 2.03. The number of aromatic nitrogens is 1. The summed E-state index contributed by atoms with van der Waals surface area (Å²) in [6, 6.07) is 9.60. The third-order valence-corrected chi connectivity index (χ3v) is 3.94. The molecule has 20 heavy (non-hydrogen) atoms. The Morgan fingerprint density at radius 2 is 2.10 bits per heavy atom. The Kier molecular flexibility index (Phi) is 3.14. The molecule has 0 radical (unpaired) electrons. The van der Waals surface area contributed by atoms with Crippen LogP contribution in [-0.4, -0.2) is 22.8 Å². The van der Waals surface area contributed by atoms with Gasteiger partial charge in [-0.1, -0.05) is 24.3 Å². The van der Waals surface area contributed by atoms with Crippen LogP contribution in [0.25, 0.3) is 0 Å². The maximum atomic E-state index is 12.5. The van der Waals surface area contributed by atoms with Crippen molar-refractivity contribution in [3.05, 3.63) is 69.6 Å². The fourth-order valence-electron chi connectivity index (χ4n) is 2.85. The number of H-pyrrole nitrogens is 1. The van der Waals surface area contributed by atoms with Crippen molar-refractivity contribution in [2.45, 2.75) is 18.9 Å². The van der Waals surface area contributed by atoms with Crippen molar-refractivity contribution in [1.82, 2.24) is 9.88 Å². The Balaban J connectivity index is 1.91. The van der Waals surface area contributed by atoms with Gasteiger partial charge in [-0.2, -0.15) is 0 Å². The molecule has 1 aromatic heterocycles. The fraction of sp³-hybridized carbons (Fsp3) is 0.250. The molecular weight excluding hydrogens is 252 g/mol. The van der Waals surface area contributed by atoms with Crippen LogP contribution in [0.2, 0.25) is 0 Å². The molecule has 1 aliphatic carbocycles. The van der Waals surface area contributed by atoms with Crippen LogP contribution in [0.15, 0.2) is 47.5 Å². The monoisotopic (exact) mass is 268 g/mol. The van der Waals surface area contributed by atoms with Gasteiger partial charge in [-0.3, -0.25) is 9.59 Å². The van der Waals surface area contributed by atoms with Crippen LogP contribution in [0.4, 0.5) is 0 Å². The summed E-state index contributed by atoms with van der Waals surface area (Å²) < 4.78 is 0. The van der Waals surface area contributed by atoms with E-state index in [4.69, 9.17) is 0 Å². The van der Waals surface area contributed by atoms with Crippen molar-refractivity contribution >= 4 is 5.91 Å². The second kappa shape index (κ2) is 4.96. The molecule has 0 saturated carbocycles. The van der Waals surface area contributed by atoms with Gasteiger partial charge in [0, 0.05) is 25.5 Å². The van der Waals surface area contributed by atoms with Crippen molar-refractivity contribution in [3.8, 4) is 0 Å². The molecule has 0 spiro atoms. The molecule has 0 aliphatic heterocycles. The number of hydrogen-bond donors (Lipinski definition) is 1. The zero-order valence-corrected chi connectivity index (χ0v) is 11.3. The van der Waals surface area contributed by atoms with Gasteiger partial charge in [0.25, 0.3) is 5.91 Å². The van der Waals surface area contributed by atoms with Gasteiger partial charge in [0.15, 0.2) is 5.43 Å². The van der Waals surface area contributed by atoms with Crippen LogP contribution in [0.3, 0.4) is 0 Å². The van der Waals surface area contributed by atoms with E-state index in [9.17, 15) is 9.59 Å². The summed E-state index contributed by atoms with van der Waals surface area (Å²) in [7, 11) is 1.77. The highest BCUT2D eigenvalue weighted by Gasteiger charge is 2.29. The predicted octanol–water partition coefficient (Wildman–Crippen LogP) is 2.13. The topological polar surface area (TPSA) is 53.2 Å². The van der Waals surface area contributed by atoms with E-state index in [1.54, 1.807) is 11.9 Å². The Morgan fingerprint density at radius 3 is 2.90 bits per heavy atom. The first-order valence-corrected chi connectivity index (χ1v) is 6.70. The highest BCUT2D eigenvalue weighted by molar-refractivity contribution is 5.94. The Labute approximate surface area is 117 Å². The van der Waals surface area contributed by atoms with Crippen LogP contribution >= 0.6 is 0 Å². The normalized spacial score (nSPS) is 16.8. The number of amides is 1. The molecule has 0 saturated heterocycles. The molecular formula is C16H16N2O2. The van der Waals surface area contributed by atoms with Gasteiger partial charge >= 0.3 is 0 Å². The minimum Gasteiger partial charge on any atom is -0.367 e. The van der Waals surface area contributed by atoms with Crippen molar-refractivity contribution in [1.29, 1.82) is 0 Å². The van der Waals surface area contributed by atoms with Crippen LogP contribution < -0.4 is 5.43 Å². The zero-order valence-electron chi connectivity index (χ0n) is 11.3. The van der Waals surface area contributed by atoms with E-state index in [-0.39, 0.29) is 22.9 Å². The van der Waals surface area contributed by atoms with Gasteiger partial charge in [0.1, 0.15) is 5.56 Å². The van der Waals surface area contributed by atoms with E-state index in [0.717, 1.165) is 12.8 Å². The first-order chi connectivity index (χ1) is 9.68. The van der Waals surface area contributed by atoms with Gasteiger partial charge in [0.05, 0.1) is 6.04 Å². The van der Waals surface area contributed by atoms with Crippen LogP contribution in [-0.2, 0) is 6.42 Å². The fourth-order valence-corrected chi connectivity index (χ4v) is 2.85. The van der Waals surface area contributed by atoms with Crippen molar-refractivity contribution in [2.24, 2.45) is 0 Å². The second-order valence-corrected chi connectivity index (χ2v) is 5.09. The molecule has 0 bridgehead atoms. The summed E-state index contributed by atoms with van der Waals surface area (Å²) in [5.74, 6) is -0.228. The molecule has 2 aromatic rings. The van der Waals surface area contributed by atoms with E-state index >= 15 is 0 Å². The number of nitrogens with one attached hydrogen (secondary N) is 1. The number of benzene rings is 1. The Bertz CT molecular complexity index is 705. The third-order valence-electron chi connectivity index (χ3n) is 3.94. The molecule has 4 nitrogen and oxygen atoms in total. The number of fused-ring (bicyclic) bond motifs is 1. The quantitative estimate of drug-likeness (QED) is 0.907. The maximum absolute atomic E-state index is 12.5. The minimum atomic E-state index is -0.244. The highest BCUT2D eigenvalue weighted by Crippen LogP contribution is 2.35. The number of rotatable bonds is 2. The summed E-state index contributed by atoms with van der Waals surface area (Å²) in [5.41, 5.74) is 2.43. The number of aromatic amines is 1. The number of carbonyl (C=O) groups excluding carboxylic acids is 1. The van der Waals surface area contributed by atoms with E-state index in [0.29, 0.717) is 0 Å². The van der Waals surface area contributed by atoms with E-state index < -0.39 is 0 Å². The van der Waals surface area contributed by atoms with Crippen molar-refractivity contribution in [2.75, 3.05) is 7.05 Å². The number of hydrogen-bond acceptors (Lipinski definition) is 2. The molecule has 0 fully saturated rings. The Hall–Kier alpha value is -2.36. The maximum Gasteiger partial charge on any atom is 0.259 e. The van der Waals surface area contributed by atoms with E-state index in [1.165, 1.54) is 29.6 Å². The molecule has 1 atom stereocenters. The largest absolute Gasteiger partial charge is 0.367 e. The van der Waals surface area contributed by atoms with Gasteiger partial charge in [-0.05, 0) is 24.0 Å². The summed E-state index contributed by atoms with van der Waals surface area (Å²) >= 11 is 0. The molecule has 4 heteroatoms. The average molecular weight is 268 g/mol. The zero-order chi connectivity index (χ0) is 14.1. The van der Waals surface area contributed by atoms with Gasteiger partial charge in [-0.25, -0.2) is 0 Å². The average Bonchev–Trinajstić information content (AvgIpc) is 2.90. The van der Waals surface area contributed by atoms with E-state index in [2.05, 4.69) is 17.1 Å². The summed E-state index contributed by atoms with van der Waals surface area (Å²) in [4.78, 5) is 28.7. The number of pyridine rings is 1. The van der Waals surface area contributed by atoms with Gasteiger partial charge < -0.3 is 9.88 Å². The molecule has 1 heterocycles. The minimum absolute atomic E-state index is 0.0540. The van der Waals surface area contributed by atoms with Gasteiger partial charge in [0.2, 0.25) is 0 Å². The molecule has 1 aromatic carbocycles. The number of carbonyl (C=O) groups is 1. The SMILES string of the molecule is CN(C(=O)c1c[nH]ccc1=O)[C@@H]1CCc2ccccc21. The van der Waals surface area contributed by atoms with E-state index in [1.807, 2.05) is 12.1 Å². The second-order valence-electron chi connectivity index (χ2n) is 5.09. The molecule has 1 amide bonds. The summed E-state index contributed by atoms with van der Waals surface area (Å²) in [6.07, 6.45) is 4.89. The molecule has 1 N–H and O–H groups in total. The summed E-state index contributed by atoms with van der Waals surface area (Å²) in [5, 5.41) is 0. The molecule has 3 rings (SSSR count). The lowest BCUT2D eigenvalue weighted by atomic mass is 10.1. The predicted molar refractivity (Wildman–Crippen MR) is 76.7 cm³/mol. The van der Waals surface area contributed by atoms with Crippen LogP contribution in [0, 0.1) is 0 Å². The highest BCUT2D eigenvalue weighted by atomic mass is 16.2.